The SMILES string of the molecule is C=C(c1ccc(/C(C)=C/N(CCCCCC2CC(C)CC(C(=O)O)O2)NC)cc1)N(C)CCCC. The largest absolute Gasteiger partial charge is 0.479 e. The van der Waals surface area contributed by atoms with Crippen molar-refractivity contribution in [2.24, 2.45) is 5.92 Å². The Kier molecular flexibility index (Phi) is 12.4. The number of carbonyl (C=O) groups is 1. The zero-order chi connectivity index (χ0) is 25.8. The van der Waals surface area contributed by atoms with Crippen LogP contribution >= 0.6 is 0 Å². The van der Waals surface area contributed by atoms with Gasteiger partial charge < -0.3 is 19.8 Å². The highest BCUT2D eigenvalue weighted by atomic mass is 16.5. The number of benzene rings is 1. The van der Waals surface area contributed by atoms with Crippen LogP contribution in [-0.4, -0.2) is 60.4 Å². The molecule has 2 N–H and O–H groups in total. The van der Waals surface area contributed by atoms with Crippen LogP contribution in [0.15, 0.2) is 37.0 Å². The van der Waals surface area contributed by atoms with Crippen LogP contribution in [0.2, 0.25) is 0 Å². The maximum absolute atomic E-state index is 11.3. The molecule has 1 aliphatic rings. The van der Waals surface area contributed by atoms with Gasteiger partial charge in [0, 0.05) is 39.1 Å². The molecule has 1 fully saturated rings. The molecule has 1 saturated heterocycles. The molecule has 1 heterocycles. The van der Waals surface area contributed by atoms with Crippen LogP contribution in [0, 0.1) is 5.92 Å². The lowest BCUT2D eigenvalue weighted by Gasteiger charge is -2.32. The number of nitrogens with one attached hydrogen (secondary N) is 1. The molecule has 0 amide bonds. The molecule has 0 aromatic heterocycles. The van der Waals surface area contributed by atoms with Gasteiger partial charge in [0.15, 0.2) is 6.10 Å². The quantitative estimate of drug-likeness (QED) is 0.234. The van der Waals surface area contributed by atoms with Crippen molar-refractivity contribution in [3.05, 3.63) is 48.2 Å². The van der Waals surface area contributed by atoms with E-state index in [9.17, 15) is 9.90 Å². The highest BCUT2D eigenvalue weighted by Crippen LogP contribution is 2.28. The summed E-state index contributed by atoms with van der Waals surface area (Å²) in [6.45, 7) is 12.7. The van der Waals surface area contributed by atoms with Crippen LogP contribution in [0.1, 0.15) is 83.3 Å². The molecule has 0 saturated carbocycles. The molecule has 0 radical (unpaired) electrons. The fourth-order valence-corrected chi connectivity index (χ4v) is 4.66. The van der Waals surface area contributed by atoms with Crippen LogP contribution in [0.4, 0.5) is 0 Å². The van der Waals surface area contributed by atoms with Crippen LogP contribution in [0.5, 0.6) is 0 Å². The van der Waals surface area contributed by atoms with Gasteiger partial charge in [-0.3, -0.25) is 0 Å². The lowest BCUT2D eigenvalue weighted by atomic mass is 9.91. The van der Waals surface area contributed by atoms with Gasteiger partial charge in [-0.25, -0.2) is 10.2 Å². The van der Waals surface area contributed by atoms with Gasteiger partial charge in [-0.15, -0.1) is 0 Å². The molecule has 1 aromatic rings. The van der Waals surface area contributed by atoms with E-state index in [0.717, 1.165) is 56.5 Å². The van der Waals surface area contributed by atoms with E-state index in [1.807, 2.05) is 7.05 Å². The van der Waals surface area contributed by atoms with E-state index in [4.69, 9.17) is 4.74 Å². The summed E-state index contributed by atoms with van der Waals surface area (Å²) in [6, 6.07) is 8.65. The number of hydrogen-bond donors (Lipinski definition) is 2. The minimum absolute atomic E-state index is 0.0767. The lowest BCUT2D eigenvalue weighted by molar-refractivity contribution is -0.162. The molecule has 35 heavy (non-hydrogen) atoms. The number of carboxylic acids is 1. The predicted octanol–water partition coefficient (Wildman–Crippen LogP) is 6.02. The van der Waals surface area contributed by atoms with Crippen LogP contribution in [0.25, 0.3) is 11.3 Å². The Morgan fingerprint density at radius 2 is 1.83 bits per heavy atom. The minimum atomic E-state index is -0.827. The number of hydrogen-bond acceptors (Lipinski definition) is 5. The number of rotatable bonds is 15. The normalized spacial score (nSPS) is 20.5. The Bertz CT molecular complexity index is 821. The standard InChI is InChI=1S/C29H47N3O3/c1-7-8-17-31(6)24(4)26-15-13-25(14-16-26)23(3)21-32(30-5)18-11-9-10-12-27-19-22(2)20-28(35-27)29(33)34/h13-16,21-22,27-28,30H,4,7-12,17-20H2,1-3,5-6H3,(H,33,34)/b23-21+. The highest BCUT2D eigenvalue weighted by Gasteiger charge is 2.31. The summed E-state index contributed by atoms with van der Waals surface area (Å²) in [6.07, 6.45) is 9.72. The summed E-state index contributed by atoms with van der Waals surface area (Å²) < 4.78 is 5.78. The van der Waals surface area contributed by atoms with Gasteiger partial charge in [-0.1, -0.05) is 64.0 Å². The molecular weight excluding hydrogens is 438 g/mol. The first kappa shape index (κ1) is 28.9. The number of allylic oxidation sites excluding steroid dienone is 1. The van der Waals surface area contributed by atoms with Crippen molar-refractivity contribution in [3.63, 3.8) is 0 Å². The lowest BCUT2D eigenvalue weighted by Crippen LogP contribution is -2.37. The summed E-state index contributed by atoms with van der Waals surface area (Å²) in [5, 5.41) is 11.4. The molecule has 6 nitrogen and oxygen atoms in total. The molecule has 3 atom stereocenters. The smallest absolute Gasteiger partial charge is 0.332 e. The molecule has 196 valence electrons. The summed E-state index contributed by atoms with van der Waals surface area (Å²) in [5.74, 6) is -0.413. The van der Waals surface area contributed by atoms with E-state index in [2.05, 4.69) is 80.2 Å². The van der Waals surface area contributed by atoms with Gasteiger partial charge in [-0.2, -0.15) is 0 Å². The first-order chi connectivity index (χ1) is 16.7. The molecule has 1 aromatic carbocycles. The maximum Gasteiger partial charge on any atom is 0.332 e. The summed E-state index contributed by atoms with van der Waals surface area (Å²) >= 11 is 0. The van der Waals surface area contributed by atoms with E-state index in [-0.39, 0.29) is 6.10 Å². The van der Waals surface area contributed by atoms with E-state index >= 15 is 0 Å². The fourth-order valence-electron chi connectivity index (χ4n) is 4.66. The second kappa shape index (κ2) is 14.9. The van der Waals surface area contributed by atoms with Crippen molar-refractivity contribution in [2.75, 3.05) is 27.2 Å². The molecule has 0 aliphatic carbocycles. The number of aliphatic carboxylic acids is 1. The minimum Gasteiger partial charge on any atom is -0.479 e. The third-order valence-corrected chi connectivity index (χ3v) is 6.96. The molecule has 1 aliphatic heterocycles. The molecule has 0 bridgehead atoms. The molecule has 2 rings (SSSR count). The van der Waals surface area contributed by atoms with Crippen molar-refractivity contribution in [1.29, 1.82) is 0 Å². The van der Waals surface area contributed by atoms with Gasteiger partial charge in [-0.05, 0) is 61.6 Å². The van der Waals surface area contributed by atoms with Gasteiger partial charge in [0.05, 0.1) is 6.10 Å². The van der Waals surface area contributed by atoms with Crippen LogP contribution in [-0.2, 0) is 9.53 Å². The maximum atomic E-state index is 11.3. The Labute approximate surface area is 213 Å². The van der Waals surface area contributed by atoms with Crippen molar-refractivity contribution in [2.45, 2.75) is 84.3 Å². The Hall–Kier alpha value is -2.31. The summed E-state index contributed by atoms with van der Waals surface area (Å²) in [5.41, 5.74) is 7.92. The van der Waals surface area contributed by atoms with Gasteiger partial charge in [0.2, 0.25) is 0 Å². The van der Waals surface area contributed by atoms with Crippen LogP contribution < -0.4 is 5.43 Å². The number of nitrogens with zero attached hydrogens (tertiary/aromatic N) is 2. The summed E-state index contributed by atoms with van der Waals surface area (Å²) in [7, 11) is 4.06. The third-order valence-electron chi connectivity index (χ3n) is 6.96. The highest BCUT2D eigenvalue weighted by molar-refractivity contribution is 5.72. The van der Waals surface area contributed by atoms with Crippen molar-refractivity contribution < 1.29 is 14.6 Å². The van der Waals surface area contributed by atoms with Gasteiger partial charge in [0.25, 0.3) is 0 Å². The summed E-state index contributed by atoms with van der Waals surface area (Å²) in [4.78, 5) is 13.5. The number of carboxylic acid groups (broad SMARTS) is 1. The monoisotopic (exact) mass is 485 g/mol. The average molecular weight is 486 g/mol. The van der Waals surface area contributed by atoms with Crippen LogP contribution in [0.3, 0.4) is 0 Å². The number of ether oxygens (including phenoxy) is 1. The third kappa shape index (κ3) is 9.69. The number of hydrazine groups is 1. The zero-order valence-electron chi connectivity index (χ0n) is 22.6. The average Bonchev–Trinajstić information content (AvgIpc) is 2.85. The van der Waals surface area contributed by atoms with E-state index in [1.165, 1.54) is 24.0 Å². The fraction of sp³-hybridized carbons (Fsp3) is 0.621. The van der Waals surface area contributed by atoms with Crippen molar-refractivity contribution >= 4 is 17.2 Å². The predicted molar refractivity (Wildman–Crippen MR) is 146 cm³/mol. The number of unbranched alkanes of at least 4 members (excludes halogenated alkanes) is 3. The topological polar surface area (TPSA) is 65.0 Å². The van der Waals surface area contributed by atoms with E-state index in [1.54, 1.807) is 0 Å². The van der Waals surface area contributed by atoms with Gasteiger partial charge in [0.1, 0.15) is 0 Å². The Morgan fingerprint density at radius 1 is 1.14 bits per heavy atom. The second-order valence-electron chi connectivity index (χ2n) is 10.0. The first-order valence-corrected chi connectivity index (χ1v) is 13.3. The molecule has 3 unspecified atom stereocenters. The zero-order valence-corrected chi connectivity index (χ0v) is 22.6. The van der Waals surface area contributed by atoms with E-state index in [0.29, 0.717) is 12.3 Å². The molecule has 0 spiro atoms. The van der Waals surface area contributed by atoms with Crippen molar-refractivity contribution in [3.8, 4) is 0 Å². The molecular formula is C29H47N3O3. The first-order valence-electron chi connectivity index (χ1n) is 13.3. The Morgan fingerprint density at radius 3 is 2.46 bits per heavy atom. The van der Waals surface area contributed by atoms with Crippen molar-refractivity contribution in [1.82, 2.24) is 15.3 Å². The van der Waals surface area contributed by atoms with E-state index < -0.39 is 12.1 Å². The second-order valence-corrected chi connectivity index (χ2v) is 10.0. The Balaban J connectivity index is 1.79. The molecule has 6 heteroatoms. The van der Waals surface area contributed by atoms with Gasteiger partial charge >= 0.3 is 5.97 Å².